The molecule has 4 heteroatoms. The highest BCUT2D eigenvalue weighted by Crippen LogP contribution is 2.34. The van der Waals surface area contributed by atoms with E-state index >= 15 is 0 Å². The standard InChI is InChI=1S/C17H24N2O2/c1-5-11-17(3,4)19-14(13-9-7-6-8-10-13)15(20)18-12(2)16(19)21/h6-10,12,14H,5,11H2,1-4H3,(H,18,20). The number of nitrogens with zero attached hydrogens (tertiary/aromatic N) is 1. The maximum atomic E-state index is 12.7. The minimum Gasteiger partial charge on any atom is -0.342 e. The number of piperazine rings is 1. The molecule has 0 aromatic heterocycles. The second kappa shape index (κ2) is 5.88. The van der Waals surface area contributed by atoms with E-state index in [1.165, 1.54) is 0 Å². The van der Waals surface area contributed by atoms with Crippen molar-refractivity contribution in [2.45, 2.75) is 58.2 Å². The predicted octanol–water partition coefficient (Wildman–Crippen LogP) is 2.65. The number of amides is 2. The lowest BCUT2D eigenvalue weighted by atomic mass is 9.89. The fourth-order valence-corrected chi connectivity index (χ4v) is 3.12. The van der Waals surface area contributed by atoms with Crippen LogP contribution in [0.1, 0.15) is 52.1 Å². The van der Waals surface area contributed by atoms with Gasteiger partial charge in [-0.3, -0.25) is 9.59 Å². The highest BCUT2D eigenvalue weighted by molar-refractivity contribution is 5.97. The number of rotatable bonds is 4. The van der Waals surface area contributed by atoms with E-state index in [0.717, 1.165) is 18.4 Å². The van der Waals surface area contributed by atoms with Gasteiger partial charge in [0.15, 0.2) is 0 Å². The van der Waals surface area contributed by atoms with Gasteiger partial charge in [-0.25, -0.2) is 0 Å². The fourth-order valence-electron chi connectivity index (χ4n) is 3.12. The second-order valence-electron chi connectivity index (χ2n) is 6.31. The van der Waals surface area contributed by atoms with Crippen LogP contribution in [0.5, 0.6) is 0 Å². The van der Waals surface area contributed by atoms with Crippen LogP contribution in [0.4, 0.5) is 0 Å². The summed E-state index contributed by atoms with van der Waals surface area (Å²) in [6.45, 7) is 7.92. The highest BCUT2D eigenvalue weighted by Gasteiger charge is 2.45. The number of benzene rings is 1. The predicted molar refractivity (Wildman–Crippen MR) is 82.6 cm³/mol. The van der Waals surface area contributed by atoms with Gasteiger partial charge in [0.05, 0.1) is 0 Å². The summed E-state index contributed by atoms with van der Waals surface area (Å²) in [6.07, 6.45) is 1.83. The van der Waals surface area contributed by atoms with Gasteiger partial charge in [0, 0.05) is 5.54 Å². The SMILES string of the molecule is CCCC(C)(C)N1C(=O)C(C)NC(=O)C1c1ccccc1. The summed E-state index contributed by atoms with van der Waals surface area (Å²) in [5.41, 5.74) is 0.512. The Morgan fingerprint density at radius 2 is 1.81 bits per heavy atom. The van der Waals surface area contributed by atoms with Crippen molar-refractivity contribution in [3.8, 4) is 0 Å². The van der Waals surface area contributed by atoms with E-state index in [0.29, 0.717) is 0 Å². The van der Waals surface area contributed by atoms with Gasteiger partial charge in [-0.2, -0.15) is 0 Å². The number of hydrogen-bond acceptors (Lipinski definition) is 2. The van der Waals surface area contributed by atoms with Crippen molar-refractivity contribution >= 4 is 11.8 Å². The molecule has 1 N–H and O–H groups in total. The summed E-state index contributed by atoms with van der Waals surface area (Å²) in [6, 6.07) is 8.51. The smallest absolute Gasteiger partial charge is 0.248 e. The van der Waals surface area contributed by atoms with E-state index in [4.69, 9.17) is 0 Å². The molecule has 0 saturated carbocycles. The zero-order chi connectivity index (χ0) is 15.6. The number of hydrogen-bond donors (Lipinski definition) is 1. The van der Waals surface area contributed by atoms with Gasteiger partial charge in [0.2, 0.25) is 11.8 Å². The first-order chi connectivity index (χ1) is 9.88. The van der Waals surface area contributed by atoms with E-state index in [1.54, 1.807) is 11.8 Å². The molecule has 0 radical (unpaired) electrons. The molecule has 1 aromatic rings. The van der Waals surface area contributed by atoms with E-state index in [-0.39, 0.29) is 17.4 Å². The molecule has 1 heterocycles. The summed E-state index contributed by atoms with van der Waals surface area (Å²) in [5.74, 6) is -0.112. The van der Waals surface area contributed by atoms with Crippen molar-refractivity contribution < 1.29 is 9.59 Å². The zero-order valence-corrected chi connectivity index (χ0v) is 13.2. The topological polar surface area (TPSA) is 49.4 Å². The van der Waals surface area contributed by atoms with Crippen LogP contribution < -0.4 is 5.32 Å². The van der Waals surface area contributed by atoms with E-state index in [9.17, 15) is 9.59 Å². The van der Waals surface area contributed by atoms with Crippen LogP contribution in [0, 0.1) is 0 Å². The van der Waals surface area contributed by atoms with Gasteiger partial charge in [-0.1, -0.05) is 43.7 Å². The molecule has 2 amide bonds. The third kappa shape index (κ3) is 2.94. The summed E-state index contributed by atoms with van der Waals surface area (Å²) in [4.78, 5) is 27.0. The van der Waals surface area contributed by atoms with Crippen LogP contribution in [-0.4, -0.2) is 28.3 Å². The number of nitrogens with one attached hydrogen (secondary N) is 1. The number of carbonyl (C=O) groups is 2. The molecule has 2 atom stereocenters. The molecule has 0 aliphatic carbocycles. The van der Waals surface area contributed by atoms with Crippen LogP contribution in [0.15, 0.2) is 30.3 Å². The van der Waals surface area contributed by atoms with Gasteiger partial charge in [0.1, 0.15) is 12.1 Å². The molecule has 4 nitrogen and oxygen atoms in total. The Balaban J connectivity index is 2.47. The summed E-state index contributed by atoms with van der Waals surface area (Å²) in [7, 11) is 0. The third-order valence-corrected chi connectivity index (χ3v) is 4.10. The molecule has 1 aromatic carbocycles. The largest absolute Gasteiger partial charge is 0.342 e. The normalized spacial score (nSPS) is 23.1. The summed E-state index contributed by atoms with van der Waals surface area (Å²) >= 11 is 0. The first-order valence-corrected chi connectivity index (χ1v) is 7.57. The maximum absolute atomic E-state index is 12.7. The Kier molecular flexibility index (Phi) is 4.35. The summed E-state index contributed by atoms with van der Waals surface area (Å²) < 4.78 is 0. The molecule has 0 spiro atoms. The molecular formula is C17H24N2O2. The molecule has 21 heavy (non-hydrogen) atoms. The molecule has 1 aliphatic heterocycles. The average molecular weight is 288 g/mol. The van der Waals surface area contributed by atoms with Crippen LogP contribution in [0.2, 0.25) is 0 Å². The average Bonchev–Trinajstić information content (AvgIpc) is 2.43. The Labute approximate surface area is 126 Å². The summed E-state index contributed by atoms with van der Waals surface area (Å²) in [5, 5.41) is 2.79. The van der Waals surface area contributed by atoms with Crippen LogP contribution in [-0.2, 0) is 9.59 Å². The monoisotopic (exact) mass is 288 g/mol. The zero-order valence-electron chi connectivity index (χ0n) is 13.2. The maximum Gasteiger partial charge on any atom is 0.248 e. The Bertz CT molecular complexity index is 525. The molecule has 1 saturated heterocycles. The molecule has 1 fully saturated rings. The lowest BCUT2D eigenvalue weighted by molar-refractivity contribution is -0.156. The molecule has 2 rings (SSSR count). The van der Waals surface area contributed by atoms with Crippen LogP contribution in [0.3, 0.4) is 0 Å². The molecule has 2 unspecified atom stereocenters. The second-order valence-corrected chi connectivity index (χ2v) is 6.31. The van der Waals surface area contributed by atoms with Crippen molar-refractivity contribution in [1.82, 2.24) is 10.2 Å². The first kappa shape index (κ1) is 15.5. The fraction of sp³-hybridized carbons (Fsp3) is 0.529. The van der Waals surface area contributed by atoms with Crippen molar-refractivity contribution in [1.29, 1.82) is 0 Å². The van der Waals surface area contributed by atoms with Gasteiger partial charge in [0.25, 0.3) is 0 Å². The quantitative estimate of drug-likeness (QED) is 0.926. The van der Waals surface area contributed by atoms with Crippen molar-refractivity contribution in [2.75, 3.05) is 0 Å². The Hall–Kier alpha value is -1.84. The highest BCUT2D eigenvalue weighted by atomic mass is 16.2. The number of carbonyl (C=O) groups excluding carboxylic acids is 2. The van der Waals surface area contributed by atoms with Crippen molar-refractivity contribution in [3.05, 3.63) is 35.9 Å². The van der Waals surface area contributed by atoms with Crippen LogP contribution >= 0.6 is 0 Å². The van der Waals surface area contributed by atoms with Gasteiger partial charge < -0.3 is 10.2 Å². The van der Waals surface area contributed by atoms with Crippen molar-refractivity contribution in [2.24, 2.45) is 0 Å². The Morgan fingerprint density at radius 3 is 2.38 bits per heavy atom. The third-order valence-electron chi connectivity index (χ3n) is 4.10. The van der Waals surface area contributed by atoms with Gasteiger partial charge >= 0.3 is 0 Å². The molecular weight excluding hydrogens is 264 g/mol. The molecule has 0 bridgehead atoms. The molecule has 114 valence electrons. The minimum absolute atomic E-state index is 0.0121. The van der Waals surface area contributed by atoms with Crippen molar-refractivity contribution in [3.63, 3.8) is 0 Å². The lowest BCUT2D eigenvalue weighted by Crippen LogP contribution is -2.63. The lowest BCUT2D eigenvalue weighted by Gasteiger charge is -2.47. The van der Waals surface area contributed by atoms with E-state index < -0.39 is 12.1 Å². The first-order valence-electron chi connectivity index (χ1n) is 7.57. The molecule has 1 aliphatic rings. The van der Waals surface area contributed by atoms with Gasteiger partial charge in [-0.15, -0.1) is 0 Å². The Morgan fingerprint density at radius 1 is 1.19 bits per heavy atom. The minimum atomic E-state index is -0.545. The van der Waals surface area contributed by atoms with E-state index in [2.05, 4.69) is 12.2 Å². The van der Waals surface area contributed by atoms with Gasteiger partial charge in [-0.05, 0) is 32.8 Å². The van der Waals surface area contributed by atoms with E-state index in [1.807, 2.05) is 44.2 Å². The van der Waals surface area contributed by atoms with Crippen LogP contribution in [0.25, 0.3) is 0 Å².